The maximum absolute atomic E-state index is 14.2. The van der Waals surface area contributed by atoms with Crippen LogP contribution in [0.5, 0.6) is 0 Å². The van der Waals surface area contributed by atoms with Gasteiger partial charge in [-0.2, -0.15) is 0 Å². The molecule has 11 heteroatoms. The normalized spacial score (nSPS) is 18.4. The molecular formula is C40H69N5O5S. The van der Waals surface area contributed by atoms with Crippen LogP contribution in [0.15, 0.2) is 30.3 Å². The molecule has 0 saturated carbocycles. The number of carbonyl (C=O) groups is 4. The Labute approximate surface area is 313 Å². The van der Waals surface area contributed by atoms with E-state index in [1.807, 2.05) is 69.8 Å². The second-order valence-corrected chi connectivity index (χ2v) is 17.3. The average Bonchev–Trinajstić information content (AvgIpc) is 3.54. The highest BCUT2D eigenvalue weighted by Gasteiger charge is 2.40. The Kier molecular flexibility index (Phi) is 19.0. The third-order valence-corrected chi connectivity index (χ3v) is 11.4. The van der Waals surface area contributed by atoms with Gasteiger partial charge in [0.2, 0.25) is 23.6 Å². The molecule has 2 rings (SSSR count). The van der Waals surface area contributed by atoms with Crippen molar-refractivity contribution in [2.75, 3.05) is 34.8 Å². The van der Waals surface area contributed by atoms with Crippen LogP contribution in [0.25, 0.3) is 0 Å². The monoisotopic (exact) mass is 732 g/mol. The smallest absolute Gasteiger partial charge is 0.245 e. The Morgan fingerprint density at radius 2 is 1.61 bits per heavy atom. The lowest BCUT2D eigenvalue weighted by molar-refractivity contribution is -0.146. The molecule has 10 nitrogen and oxygen atoms in total. The number of rotatable bonds is 21. The highest BCUT2D eigenvalue weighted by atomic mass is 32.2. The molecule has 0 spiro atoms. The van der Waals surface area contributed by atoms with E-state index in [4.69, 9.17) is 4.74 Å². The Bertz CT molecular complexity index is 1220. The van der Waals surface area contributed by atoms with Crippen LogP contribution >= 0.6 is 11.8 Å². The number of thioether (sulfide) groups is 1. The molecule has 0 aliphatic carbocycles. The van der Waals surface area contributed by atoms with Gasteiger partial charge in [-0.3, -0.25) is 24.1 Å². The van der Waals surface area contributed by atoms with Crippen molar-refractivity contribution >= 4 is 35.4 Å². The molecule has 51 heavy (non-hydrogen) atoms. The first-order valence-corrected chi connectivity index (χ1v) is 20.0. The number of amides is 4. The summed E-state index contributed by atoms with van der Waals surface area (Å²) in [6, 6.07) is 8.73. The van der Waals surface area contributed by atoms with Crippen LogP contribution in [0.3, 0.4) is 0 Å². The van der Waals surface area contributed by atoms with Gasteiger partial charge in [-0.1, -0.05) is 92.1 Å². The molecule has 7 unspecified atom stereocenters. The maximum atomic E-state index is 14.2. The summed E-state index contributed by atoms with van der Waals surface area (Å²) in [4.78, 5) is 60.2. The Morgan fingerprint density at radius 3 is 2.14 bits per heavy atom. The van der Waals surface area contributed by atoms with Gasteiger partial charge in [0.15, 0.2) is 0 Å². The highest BCUT2D eigenvalue weighted by molar-refractivity contribution is 8.00. The minimum Gasteiger partial charge on any atom is -0.379 e. The van der Waals surface area contributed by atoms with Crippen molar-refractivity contribution in [2.24, 2.45) is 17.8 Å². The molecule has 1 heterocycles. The quantitative estimate of drug-likeness (QED) is 0.159. The van der Waals surface area contributed by atoms with Crippen molar-refractivity contribution in [3.63, 3.8) is 0 Å². The molecule has 2 N–H and O–H groups in total. The van der Waals surface area contributed by atoms with Gasteiger partial charge in [-0.15, -0.1) is 11.8 Å². The molecule has 1 aliphatic rings. The summed E-state index contributed by atoms with van der Waals surface area (Å²) in [5, 5.41) is 6.65. The fourth-order valence-electron chi connectivity index (χ4n) is 7.43. The predicted octanol–water partition coefficient (Wildman–Crippen LogP) is 5.59. The van der Waals surface area contributed by atoms with Gasteiger partial charge in [0.25, 0.3) is 0 Å². The third-order valence-electron chi connectivity index (χ3n) is 10.2. The van der Waals surface area contributed by atoms with Gasteiger partial charge in [-0.25, -0.2) is 0 Å². The molecule has 1 saturated heterocycles. The molecule has 1 aliphatic heterocycles. The molecule has 4 amide bonds. The second kappa shape index (κ2) is 21.8. The lowest BCUT2D eigenvalue weighted by Gasteiger charge is -2.40. The number of likely N-dealkylation sites (tertiary alicyclic amines) is 1. The van der Waals surface area contributed by atoms with E-state index in [9.17, 15) is 19.2 Å². The summed E-state index contributed by atoms with van der Waals surface area (Å²) in [5.74, 6) is -0.404. The molecule has 290 valence electrons. The Balaban J connectivity index is 2.14. The molecule has 1 aromatic carbocycles. The molecule has 0 bridgehead atoms. The number of likely N-dealkylation sites (N-methyl/N-ethyl adjacent to an activating group) is 2. The second-order valence-electron chi connectivity index (χ2n) is 15.5. The summed E-state index contributed by atoms with van der Waals surface area (Å²) in [7, 11) is 7.11. The number of benzene rings is 1. The van der Waals surface area contributed by atoms with Crippen LogP contribution < -0.4 is 10.6 Å². The number of carbonyl (C=O) groups excluding carboxylic acids is 4. The van der Waals surface area contributed by atoms with Crippen LogP contribution in [-0.4, -0.2) is 114 Å². The lowest BCUT2D eigenvalue weighted by atomic mass is 9.89. The highest BCUT2D eigenvalue weighted by Crippen LogP contribution is 2.28. The van der Waals surface area contributed by atoms with Crippen molar-refractivity contribution < 1.29 is 23.9 Å². The Morgan fingerprint density at radius 1 is 0.961 bits per heavy atom. The molecule has 7 atom stereocenters. The summed E-state index contributed by atoms with van der Waals surface area (Å²) in [5.41, 5.74) is 1.19. The van der Waals surface area contributed by atoms with Gasteiger partial charge in [-0.05, 0) is 56.7 Å². The summed E-state index contributed by atoms with van der Waals surface area (Å²) in [6.45, 7) is 16.9. The van der Waals surface area contributed by atoms with Crippen LogP contribution in [0.1, 0.15) is 99.5 Å². The van der Waals surface area contributed by atoms with E-state index in [2.05, 4.69) is 50.5 Å². The minimum atomic E-state index is -0.719. The minimum absolute atomic E-state index is 0.00668. The molecule has 0 aromatic heterocycles. The molecule has 1 fully saturated rings. The number of ether oxygens (including phenoxy) is 1. The predicted molar refractivity (Wildman–Crippen MR) is 209 cm³/mol. The van der Waals surface area contributed by atoms with Crippen molar-refractivity contribution in [2.45, 2.75) is 141 Å². The van der Waals surface area contributed by atoms with E-state index in [1.165, 1.54) is 5.56 Å². The van der Waals surface area contributed by atoms with E-state index in [-0.39, 0.29) is 71.3 Å². The van der Waals surface area contributed by atoms with Crippen molar-refractivity contribution in [1.82, 2.24) is 25.3 Å². The lowest BCUT2D eigenvalue weighted by Crippen LogP contribution is -2.59. The van der Waals surface area contributed by atoms with Gasteiger partial charge < -0.3 is 25.2 Å². The number of nitrogens with zero attached hydrogens (tertiary/aromatic N) is 3. The zero-order chi connectivity index (χ0) is 38.4. The van der Waals surface area contributed by atoms with Crippen LogP contribution in [0.2, 0.25) is 0 Å². The van der Waals surface area contributed by atoms with Gasteiger partial charge in [0, 0.05) is 44.8 Å². The summed E-state index contributed by atoms with van der Waals surface area (Å²) >= 11 is 1.75. The number of hydrogen-bond donors (Lipinski definition) is 2. The first-order chi connectivity index (χ1) is 24.0. The number of hydrogen-bond acceptors (Lipinski definition) is 7. The van der Waals surface area contributed by atoms with E-state index in [0.29, 0.717) is 24.6 Å². The first-order valence-electron chi connectivity index (χ1n) is 19.1. The molecule has 0 radical (unpaired) electrons. The van der Waals surface area contributed by atoms with Crippen molar-refractivity contribution in [3.05, 3.63) is 35.9 Å². The fourth-order valence-corrected chi connectivity index (χ4v) is 8.57. The zero-order valence-electron chi connectivity index (χ0n) is 33.6. The third kappa shape index (κ3) is 13.7. The van der Waals surface area contributed by atoms with Crippen molar-refractivity contribution in [1.29, 1.82) is 0 Å². The van der Waals surface area contributed by atoms with E-state index in [0.717, 1.165) is 25.7 Å². The van der Waals surface area contributed by atoms with Gasteiger partial charge in [0.1, 0.15) is 6.04 Å². The fraction of sp³-hybridized carbons (Fsp3) is 0.750. The van der Waals surface area contributed by atoms with Crippen LogP contribution in [0, 0.1) is 17.8 Å². The average molecular weight is 732 g/mol. The van der Waals surface area contributed by atoms with Crippen molar-refractivity contribution in [3.8, 4) is 0 Å². The van der Waals surface area contributed by atoms with E-state index in [1.54, 1.807) is 30.8 Å². The topological polar surface area (TPSA) is 111 Å². The van der Waals surface area contributed by atoms with Crippen LogP contribution in [-0.2, 0) is 30.3 Å². The van der Waals surface area contributed by atoms with E-state index >= 15 is 0 Å². The largest absolute Gasteiger partial charge is 0.379 e. The summed E-state index contributed by atoms with van der Waals surface area (Å²) < 4.78 is 6.02. The first kappa shape index (κ1) is 44.5. The standard InChI is InChI=1S/C40H69N5O5S/c1-13-29(8)38(44(11)40(49)36(26(2)3)42-39(48)37(27(4)5)43(9)10)32(50-12)25-35(47)45-23-17-20-31(45)21-22-33(46)41-34(51-28(6)7)24-30-18-15-14-16-19-30/h14-16,18-19,26-29,31-32,34,36-38H,13,17,20-25H2,1-12H3,(H,41,46)(H,42,48). The Hall–Kier alpha value is -2.63. The number of methoxy groups -OCH3 is 1. The summed E-state index contributed by atoms with van der Waals surface area (Å²) in [6.07, 6.45) is 3.85. The number of nitrogens with one attached hydrogen (secondary N) is 2. The van der Waals surface area contributed by atoms with Gasteiger partial charge >= 0.3 is 0 Å². The zero-order valence-corrected chi connectivity index (χ0v) is 34.4. The SMILES string of the molecule is CCC(C)C(C(CC(=O)N1CCCC1CCC(=O)NC(Cc1ccccc1)SC(C)C)OC)N(C)C(=O)C(NC(=O)C(C(C)C)N(C)C)C(C)C. The molecule has 1 aromatic rings. The maximum Gasteiger partial charge on any atom is 0.245 e. The van der Waals surface area contributed by atoms with E-state index < -0.39 is 12.1 Å². The molecular weight excluding hydrogens is 663 g/mol. The van der Waals surface area contributed by atoms with Gasteiger partial charge in [0.05, 0.1) is 30.0 Å². The van der Waals surface area contributed by atoms with Crippen LogP contribution in [0.4, 0.5) is 0 Å².